The van der Waals surface area contributed by atoms with E-state index < -0.39 is 0 Å². The van der Waals surface area contributed by atoms with Crippen LogP contribution < -0.4 is 9.47 Å². The van der Waals surface area contributed by atoms with E-state index in [1.165, 1.54) is 0 Å². The Bertz CT molecular complexity index is 888. The van der Waals surface area contributed by atoms with Gasteiger partial charge in [0.1, 0.15) is 11.3 Å². The highest BCUT2D eigenvalue weighted by Crippen LogP contribution is 2.36. The van der Waals surface area contributed by atoms with Gasteiger partial charge in [0.25, 0.3) is 0 Å². The molecule has 0 saturated carbocycles. The third-order valence-electron chi connectivity index (χ3n) is 3.93. The van der Waals surface area contributed by atoms with E-state index in [1.807, 2.05) is 42.5 Å². The molecule has 116 valence electrons. The molecule has 0 aliphatic carbocycles. The predicted molar refractivity (Wildman–Crippen MR) is 83.5 cm³/mol. The van der Waals surface area contributed by atoms with Gasteiger partial charge in [0.2, 0.25) is 6.79 Å². The third-order valence-corrected chi connectivity index (χ3v) is 3.93. The second kappa shape index (κ2) is 5.39. The summed E-state index contributed by atoms with van der Waals surface area (Å²) in [6.07, 6.45) is 0.340. The number of aromatic nitrogens is 3. The molecule has 0 saturated heterocycles. The van der Waals surface area contributed by atoms with Gasteiger partial charge in [0.15, 0.2) is 11.5 Å². The summed E-state index contributed by atoms with van der Waals surface area (Å²) in [5.74, 6) is 1.51. The summed E-state index contributed by atoms with van der Waals surface area (Å²) in [7, 11) is 0. The number of benzene rings is 2. The van der Waals surface area contributed by atoms with Gasteiger partial charge in [-0.3, -0.25) is 4.79 Å². The molecule has 0 N–H and O–H groups in total. The van der Waals surface area contributed by atoms with Gasteiger partial charge in [0.05, 0.1) is 11.6 Å². The fraction of sp³-hybridized carbons (Fsp3) is 0.235. The summed E-state index contributed by atoms with van der Waals surface area (Å²) < 4.78 is 12.6. The van der Waals surface area contributed by atoms with E-state index in [0.717, 1.165) is 22.3 Å². The van der Waals surface area contributed by atoms with E-state index >= 15 is 0 Å². The van der Waals surface area contributed by atoms with Crippen molar-refractivity contribution >= 4 is 16.8 Å². The molecule has 0 amide bonds. The number of rotatable bonds is 4. The predicted octanol–water partition coefficient (Wildman–Crippen LogP) is 2.73. The molecule has 6 heteroatoms. The topological polar surface area (TPSA) is 66.2 Å². The summed E-state index contributed by atoms with van der Waals surface area (Å²) in [6.45, 7) is 1.81. The molecule has 0 fully saturated rings. The Morgan fingerprint density at radius 2 is 2.04 bits per heavy atom. The summed E-state index contributed by atoms with van der Waals surface area (Å²) in [5.41, 5.74) is 2.65. The van der Waals surface area contributed by atoms with Crippen LogP contribution in [0.2, 0.25) is 0 Å². The molecule has 0 unspecified atom stereocenters. The minimum absolute atomic E-state index is 0.0900. The van der Waals surface area contributed by atoms with Crippen molar-refractivity contribution in [1.82, 2.24) is 15.0 Å². The second-order valence-corrected chi connectivity index (χ2v) is 5.56. The van der Waals surface area contributed by atoms with Crippen LogP contribution in [-0.4, -0.2) is 27.6 Å². The maximum absolute atomic E-state index is 11.8. The first-order valence-electron chi connectivity index (χ1n) is 7.41. The molecule has 1 aliphatic heterocycles. The summed E-state index contributed by atoms with van der Waals surface area (Å²) in [6, 6.07) is 13.2. The summed E-state index contributed by atoms with van der Waals surface area (Å²) in [4.78, 5) is 11.8. The van der Waals surface area contributed by atoms with E-state index in [-0.39, 0.29) is 18.6 Å². The van der Waals surface area contributed by atoms with Crippen LogP contribution >= 0.6 is 0 Å². The van der Waals surface area contributed by atoms with Crippen LogP contribution in [0.3, 0.4) is 0 Å². The minimum Gasteiger partial charge on any atom is -0.454 e. The van der Waals surface area contributed by atoms with Gasteiger partial charge >= 0.3 is 0 Å². The Kier molecular flexibility index (Phi) is 3.22. The fourth-order valence-corrected chi connectivity index (χ4v) is 2.86. The first-order valence-corrected chi connectivity index (χ1v) is 7.41. The fourth-order valence-electron chi connectivity index (χ4n) is 2.86. The first kappa shape index (κ1) is 13.8. The minimum atomic E-state index is -0.227. The van der Waals surface area contributed by atoms with E-state index in [2.05, 4.69) is 10.3 Å². The highest BCUT2D eigenvalue weighted by molar-refractivity contribution is 5.78. The maximum atomic E-state index is 11.8. The number of nitrogens with zero attached hydrogens (tertiary/aromatic N) is 3. The van der Waals surface area contributed by atoms with Crippen LogP contribution in [0.1, 0.15) is 24.9 Å². The number of ketones is 1. The zero-order valence-electron chi connectivity index (χ0n) is 12.6. The largest absolute Gasteiger partial charge is 0.454 e. The number of Topliss-reactive ketones (excluding diaryl/α,β-unsaturated/α-hetero) is 1. The lowest BCUT2D eigenvalue weighted by molar-refractivity contribution is -0.117. The summed E-state index contributed by atoms with van der Waals surface area (Å²) in [5, 5.41) is 8.45. The average molecular weight is 309 g/mol. The van der Waals surface area contributed by atoms with Crippen LogP contribution in [0.5, 0.6) is 11.5 Å². The lowest BCUT2D eigenvalue weighted by Crippen LogP contribution is -2.15. The van der Waals surface area contributed by atoms with E-state index in [4.69, 9.17) is 9.47 Å². The zero-order chi connectivity index (χ0) is 15.8. The first-order chi connectivity index (χ1) is 11.2. The molecule has 0 spiro atoms. The van der Waals surface area contributed by atoms with Crippen molar-refractivity contribution in [2.45, 2.75) is 19.4 Å². The molecule has 1 atom stereocenters. The Labute approximate surface area is 132 Å². The highest BCUT2D eigenvalue weighted by atomic mass is 16.7. The van der Waals surface area contributed by atoms with Crippen molar-refractivity contribution in [2.24, 2.45) is 0 Å². The molecule has 3 aromatic rings. The van der Waals surface area contributed by atoms with Gasteiger partial charge < -0.3 is 9.47 Å². The number of hydrogen-bond donors (Lipinski definition) is 0. The Morgan fingerprint density at radius 1 is 1.22 bits per heavy atom. The van der Waals surface area contributed by atoms with Crippen molar-refractivity contribution in [3.8, 4) is 11.5 Å². The smallest absolute Gasteiger partial charge is 0.231 e. The number of carbonyl (C=O) groups is 1. The number of hydrogen-bond acceptors (Lipinski definition) is 5. The lowest BCUT2D eigenvalue weighted by atomic mass is 10.0. The highest BCUT2D eigenvalue weighted by Gasteiger charge is 2.23. The third kappa shape index (κ3) is 2.42. The Balaban J connectivity index is 1.83. The van der Waals surface area contributed by atoms with Crippen LogP contribution in [0.15, 0.2) is 42.5 Å². The summed E-state index contributed by atoms with van der Waals surface area (Å²) >= 11 is 0. The van der Waals surface area contributed by atoms with Crippen molar-refractivity contribution in [1.29, 1.82) is 0 Å². The van der Waals surface area contributed by atoms with Crippen LogP contribution in [0.25, 0.3) is 11.0 Å². The molecule has 6 nitrogen and oxygen atoms in total. The monoisotopic (exact) mass is 309 g/mol. The molecule has 1 aromatic heterocycles. The Hall–Kier alpha value is -2.89. The normalized spacial score (nSPS) is 14.1. The molecule has 1 aliphatic rings. The van der Waals surface area contributed by atoms with Crippen LogP contribution in [-0.2, 0) is 4.79 Å². The number of fused-ring (bicyclic) bond motifs is 2. The zero-order valence-corrected chi connectivity index (χ0v) is 12.6. The lowest BCUT2D eigenvalue weighted by Gasteiger charge is -2.17. The quantitative estimate of drug-likeness (QED) is 0.741. The van der Waals surface area contributed by atoms with Crippen molar-refractivity contribution in [3.63, 3.8) is 0 Å². The van der Waals surface area contributed by atoms with Gasteiger partial charge in [-0.25, -0.2) is 4.68 Å². The second-order valence-electron chi connectivity index (χ2n) is 5.56. The Morgan fingerprint density at radius 3 is 2.91 bits per heavy atom. The van der Waals surface area contributed by atoms with Gasteiger partial charge in [0, 0.05) is 6.42 Å². The van der Waals surface area contributed by atoms with Gasteiger partial charge in [-0.05, 0) is 36.8 Å². The molecular formula is C17H15N3O3. The number of ether oxygens (including phenoxy) is 2. The van der Waals surface area contributed by atoms with E-state index in [0.29, 0.717) is 12.2 Å². The average Bonchev–Trinajstić information content (AvgIpc) is 3.18. The van der Waals surface area contributed by atoms with Gasteiger partial charge in [-0.1, -0.05) is 23.4 Å². The molecule has 2 heterocycles. The standard InChI is InChI=1S/C17H15N3O3/c1-11(21)8-15(12-6-7-16-17(9-12)23-10-22-16)20-14-5-3-2-4-13(14)18-19-20/h2-7,9,15H,8,10H2,1H3/t15-/m0/s1. The molecular weight excluding hydrogens is 294 g/mol. The van der Waals surface area contributed by atoms with Gasteiger partial charge in [-0.15, -0.1) is 5.10 Å². The van der Waals surface area contributed by atoms with E-state index in [9.17, 15) is 4.79 Å². The molecule has 0 bridgehead atoms. The number of para-hydroxylation sites is 1. The molecule has 2 aromatic carbocycles. The van der Waals surface area contributed by atoms with Crippen molar-refractivity contribution in [2.75, 3.05) is 6.79 Å². The van der Waals surface area contributed by atoms with E-state index in [1.54, 1.807) is 11.6 Å². The van der Waals surface area contributed by atoms with Crippen molar-refractivity contribution < 1.29 is 14.3 Å². The molecule has 0 radical (unpaired) electrons. The molecule has 4 rings (SSSR count). The maximum Gasteiger partial charge on any atom is 0.231 e. The molecule has 23 heavy (non-hydrogen) atoms. The number of carbonyl (C=O) groups excluding carboxylic acids is 1. The van der Waals surface area contributed by atoms with Crippen LogP contribution in [0.4, 0.5) is 0 Å². The van der Waals surface area contributed by atoms with Gasteiger partial charge in [-0.2, -0.15) is 0 Å². The van der Waals surface area contributed by atoms with Crippen molar-refractivity contribution in [3.05, 3.63) is 48.0 Å². The van der Waals surface area contributed by atoms with Crippen LogP contribution in [0, 0.1) is 0 Å². The SMILES string of the molecule is CC(=O)C[C@@H](c1ccc2c(c1)OCO2)n1nnc2ccccc21.